The zero-order chi connectivity index (χ0) is 20.7. The minimum Gasteiger partial charge on any atom is -0.493 e. The lowest BCUT2D eigenvalue weighted by Crippen LogP contribution is -2.41. The topological polar surface area (TPSA) is 75.7 Å². The summed E-state index contributed by atoms with van der Waals surface area (Å²) in [6.07, 6.45) is 7.01. The SMILES string of the molecule is C#CCNS(=O)(=O)c1ccc(C(=O)N2CCCC(COc3ccccc3)C2)cc1. The molecule has 0 aliphatic carbocycles. The van der Waals surface area contributed by atoms with Crippen molar-refractivity contribution >= 4 is 15.9 Å². The second-order valence-electron chi connectivity index (χ2n) is 6.94. The van der Waals surface area contributed by atoms with Gasteiger partial charge in [-0.3, -0.25) is 4.79 Å². The van der Waals surface area contributed by atoms with Crippen LogP contribution >= 0.6 is 0 Å². The van der Waals surface area contributed by atoms with E-state index in [9.17, 15) is 13.2 Å². The van der Waals surface area contributed by atoms with E-state index in [0.29, 0.717) is 25.3 Å². The maximum absolute atomic E-state index is 12.8. The molecule has 0 radical (unpaired) electrons. The number of nitrogens with zero attached hydrogens (tertiary/aromatic N) is 1. The molecule has 1 unspecified atom stereocenters. The van der Waals surface area contributed by atoms with Gasteiger partial charge in [0.15, 0.2) is 0 Å². The van der Waals surface area contributed by atoms with Gasteiger partial charge in [0.1, 0.15) is 5.75 Å². The van der Waals surface area contributed by atoms with Crippen molar-refractivity contribution in [1.82, 2.24) is 9.62 Å². The number of hydrogen-bond donors (Lipinski definition) is 1. The standard InChI is InChI=1S/C22H24N2O4S/c1-2-14-23-29(26,27)21-12-10-19(11-13-21)22(25)24-15-6-7-18(16-24)17-28-20-8-4-3-5-9-20/h1,3-5,8-13,18,23H,6-7,14-17H2. The van der Waals surface area contributed by atoms with Crippen LogP contribution in [-0.2, 0) is 10.0 Å². The van der Waals surface area contributed by atoms with E-state index < -0.39 is 10.0 Å². The number of likely N-dealkylation sites (tertiary alicyclic amines) is 1. The first kappa shape index (κ1) is 20.9. The highest BCUT2D eigenvalue weighted by Gasteiger charge is 2.25. The van der Waals surface area contributed by atoms with Gasteiger partial charge in [0.2, 0.25) is 10.0 Å². The summed E-state index contributed by atoms with van der Waals surface area (Å²) in [4.78, 5) is 14.7. The Balaban J connectivity index is 1.60. The number of hydrogen-bond acceptors (Lipinski definition) is 4. The number of nitrogens with one attached hydrogen (secondary N) is 1. The number of ether oxygens (including phenoxy) is 1. The Morgan fingerprint density at radius 3 is 2.59 bits per heavy atom. The molecular formula is C22H24N2O4S. The first-order valence-corrected chi connectivity index (χ1v) is 11.0. The van der Waals surface area contributed by atoms with Crippen LogP contribution in [0.25, 0.3) is 0 Å². The molecule has 1 fully saturated rings. The maximum Gasteiger partial charge on any atom is 0.253 e. The number of rotatable bonds is 7. The van der Waals surface area contributed by atoms with Crippen molar-refractivity contribution in [2.45, 2.75) is 17.7 Å². The minimum absolute atomic E-state index is 0.0801. The highest BCUT2D eigenvalue weighted by molar-refractivity contribution is 7.89. The van der Waals surface area contributed by atoms with Gasteiger partial charge in [-0.15, -0.1) is 6.42 Å². The van der Waals surface area contributed by atoms with E-state index in [-0.39, 0.29) is 23.3 Å². The first-order chi connectivity index (χ1) is 14.0. The van der Waals surface area contributed by atoms with Crippen molar-refractivity contribution in [2.75, 3.05) is 26.2 Å². The number of para-hydroxylation sites is 1. The number of amides is 1. The summed E-state index contributed by atoms with van der Waals surface area (Å²) in [5.74, 6) is 3.22. The van der Waals surface area contributed by atoms with Crippen molar-refractivity contribution in [1.29, 1.82) is 0 Å². The van der Waals surface area contributed by atoms with Crippen molar-refractivity contribution in [3.8, 4) is 18.1 Å². The summed E-state index contributed by atoms with van der Waals surface area (Å²) in [5, 5.41) is 0. The highest BCUT2D eigenvalue weighted by atomic mass is 32.2. The smallest absolute Gasteiger partial charge is 0.253 e. The van der Waals surface area contributed by atoms with Crippen molar-refractivity contribution in [3.05, 3.63) is 60.2 Å². The van der Waals surface area contributed by atoms with E-state index in [4.69, 9.17) is 11.2 Å². The fourth-order valence-corrected chi connectivity index (χ4v) is 4.23. The zero-order valence-electron chi connectivity index (χ0n) is 16.1. The van der Waals surface area contributed by atoms with Gasteiger partial charge in [0, 0.05) is 24.6 Å². The molecule has 1 heterocycles. The molecule has 2 aromatic rings. The molecule has 29 heavy (non-hydrogen) atoms. The van der Waals surface area contributed by atoms with Gasteiger partial charge >= 0.3 is 0 Å². The lowest BCUT2D eigenvalue weighted by molar-refractivity contribution is 0.0633. The molecule has 2 aromatic carbocycles. The van der Waals surface area contributed by atoms with Gasteiger partial charge < -0.3 is 9.64 Å². The summed E-state index contributed by atoms with van der Waals surface area (Å²) >= 11 is 0. The van der Waals surface area contributed by atoms with Crippen LogP contribution < -0.4 is 9.46 Å². The second-order valence-corrected chi connectivity index (χ2v) is 8.70. The summed E-state index contributed by atoms with van der Waals surface area (Å²) < 4.78 is 32.3. The summed E-state index contributed by atoms with van der Waals surface area (Å²) in [5.41, 5.74) is 0.463. The molecule has 6 nitrogen and oxygen atoms in total. The van der Waals surface area contributed by atoms with E-state index in [2.05, 4.69) is 10.6 Å². The Hall–Kier alpha value is -2.82. The number of terminal acetylenes is 1. The van der Waals surface area contributed by atoms with Crippen LogP contribution in [0.5, 0.6) is 5.75 Å². The van der Waals surface area contributed by atoms with Gasteiger partial charge in [-0.05, 0) is 49.2 Å². The van der Waals surface area contributed by atoms with Crippen LogP contribution in [0.1, 0.15) is 23.2 Å². The predicted molar refractivity (Wildman–Crippen MR) is 111 cm³/mol. The normalized spacial score (nSPS) is 16.8. The van der Waals surface area contributed by atoms with Crippen LogP contribution in [0.15, 0.2) is 59.5 Å². The number of benzene rings is 2. The van der Waals surface area contributed by atoms with Gasteiger partial charge in [-0.25, -0.2) is 8.42 Å². The van der Waals surface area contributed by atoms with E-state index >= 15 is 0 Å². The molecule has 7 heteroatoms. The first-order valence-electron chi connectivity index (χ1n) is 9.50. The fraction of sp³-hybridized carbons (Fsp3) is 0.318. The predicted octanol–water partition coefficient (Wildman–Crippen LogP) is 2.53. The van der Waals surface area contributed by atoms with E-state index in [1.165, 1.54) is 24.3 Å². The van der Waals surface area contributed by atoms with Crippen LogP contribution in [0.4, 0.5) is 0 Å². The molecule has 0 spiro atoms. The summed E-state index contributed by atoms with van der Waals surface area (Å²) in [7, 11) is -3.67. The van der Waals surface area contributed by atoms with E-state index in [0.717, 1.165) is 18.6 Å². The third-order valence-corrected chi connectivity index (χ3v) is 6.23. The largest absolute Gasteiger partial charge is 0.493 e. The van der Waals surface area contributed by atoms with E-state index in [1.807, 2.05) is 35.2 Å². The fourth-order valence-electron chi connectivity index (χ4n) is 3.30. The molecular weight excluding hydrogens is 388 g/mol. The average molecular weight is 413 g/mol. The molecule has 1 aliphatic rings. The Labute approximate surface area is 171 Å². The van der Waals surface area contributed by atoms with Gasteiger partial charge in [-0.2, -0.15) is 4.72 Å². The van der Waals surface area contributed by atoms with Gasteiger partial charge in [0.25, 0.3) is 5.91 Å². The maximum atomic E-state index is 12.8. The van der Waals surface area contributed by atoms with Crippen LogP contribution in [0.3, 0.4) is 0 Å². The third kappa shape index (κ3) is 5.59. The molecule has 0 saturated carbocycles. The Morgan fingerprint density at radius 1 is 1.17 bits per heavy atom. The van der Waals surface area contributed by atoms with Crippen molar-refractivity contribution in [2.24, 2.45) is 5.92 Å². The number of piperidine rings is 1. The summed E-state index contributed by atoms with van der Waals surface area (Å²) in [6.45, 7) is 1.79. The van der Waals surface area contributed by atoms with Crippen LogP contribution in [0.2, 0.25) is 0 Å². The number of carbonyl (C=O) groups is 1. The molecule has 1 amide bonds. The molecule has 0 aromatic heterocycles. The monoisotopic (exact) mass is 412 g/mol. The second kappa shape index (κ2) is 9.59. The quantitative estimate of drug-likeness (QED) is 0.709. The molecule has 0 bridgehead atoms. The van der Waals surface area contributed by atoms with Crippen LogP contribution in [0, 0.1) is 18.3 Å². The molecule has 3 rings (SSSR count). The molecule has 152 valence electrons. The van der Waals surface area contributed by atoms with Crippen LogP contribution in [-0.4, -0.2) is 45.5 Å². The van der Waals surface area contributed by atoms with Crippen molar-refractivity contribution < 1.29 is 17.9 Å². The van der Waals surface area contributed by atoms with Gasteiger partial charge in [0.05, 0.1) is 18.0 Å². The van der Waals surface area contributed by atoms with Gasteiger partial charge in [-0.1, -0.05) is 24.1 Å². The Morgan fingerprint density at radius 2 is 1.90 bits per heavy atom. The lowest BCUT2D eigenvalue weighted by atomic mass is 9.98. The number of carbonyl (C=O) groups excluding carboxylic acids is 1. The minimum atomic E-state index is -3.67. The van der Waals surface area contributed by atoms with E-state index in [1.54, 1.807) is 0 Å². The lowest BCUT2D eigenvalue weighted by Gasteiger charge is -2.32. The third-order valence-electron chi connectivity index (χ3n) is 4.81. The average Bonchev–Trinajstić information content (AvgIpc) is 2.77. The Kier molecular flexibility index (Phi) is 6.91. The zero-order valence-corrected chi connectivity index (χ0v) is 16.9. The highest BCUT2D eigenvalue weighted by Crippen LogP contribution is 2.21. The molecule has 1 saturated heterocycles. The summed E-state index contributed by atoms with van der Waals surface area (Å²) in [6, 6.07) is 15.6. The number of sulfonamides is 1. The Bertz CT molecular complexity index is 966. The molecule has 1 aliphatic heterocycles. The molecule has 1 N–H and O–H groups in total. The van der Waals surface area contributed by atoms with Crippen molar-refractivity contribution in [3.63, 3.8) is 0 Å². The molecule has 1 atom stereocenters.